The number of carboxylic acid groups (broad SMARTS) is 1. The van der Waals surface area contributed by atoms with Crippen LogP contribution >= 0.6 is 0 Å². The van der Waals surface area contributed by atoms with Gasteiger partial charge in [-0.2, -0.15) is 0 Å². The first-order valence-electron chi connectivity index (χ1n) is 11.6. The van der Waals surface area contributed by atoms with Gasteiger partial charge in [0.1, 0.15) is 0 Å². The molecule has 2 amide bonds. The smallest absolute Gasteiger partial charge is 0.320 e. The molecule has 4 fully saturated rings. The standard InChI is InChI=1S/C22H37N3O3/c26-21(27)8-3-16-1-5-19(6-2-16)24-13-14-25(22(24)28)20-7-4-17-9-11-23-12-10-18(17)15-20/h16-20,23H,1-15H2,(H,26,27)/t16-,17?,18?,19-,20?. The summed E-state index contributed by atoms with van der Waals surface area (Å²) in [5.41, 5.74) is 0. The number of carboxylic acids is 1. The van der Waals surface area contributed by atoms with Gasteiger partial charge >= 0.3 is 12.0 Å². The van der Waals surface area contributed by atoms with Gasteiger partial charge in [0.15, 0.2) is 0 Å². The Bertz CT molecular complexity index is 561. The first kappa shape index (κ1) is 20.0. The van der Waals surface area contributed by atoms with E-state index in [1.165, 1.54) is 32.1 Å². The first-order valence-corrected chi connectivity index (χ1v) is 11.6. The van der Waals surface area contributed by atoms with Gasteiger partial charge in [-0.05, 0) is 95.1 Å². The van der Waals surface area contributed by atoms with Crippen LogP contribution in [0.4, 0.5) is 4.79 Å². The van der Waals surface area contributed by atoms with Gasteiger partial charge in [0.25, 0.3) is 0 Å². The lowest BCUT2D eigenvalue weighted by molar-refractivity contribution is -0.137. The summed E-state index contributed by atoms with van der Waals surface area (Å²) in [4.78, 5) is 28.3. The van der Waals surface area contributed by atoms with Crippen LogP contribution in [0.2, 0.25) is 0 Å². The van der Waals surface area contributed by atoms with Gasteiger partial charge in [0.2, 0.25) is 0 Å². The number of nitrogens with one attached hydrogen (secondary N) is 1. The molecule has 2 N–H and O–H groups in total. The molecule has 2 heterocycles. The van der Waals surface area contributed by atoms with E-state index in [1.54, 1.807) is 0 Å². The van der Waals surface area contributed by atoms with E-state index < -0.39 is 5.97 Å². The van der Waals surface area contributed by atoms with Crippen LogP contribution in [-0.4, -0.2) is 65.2 Å². The lowest BCUT2D eigenvalue weighted by Crippen LogP contribution is -2.46. The fourth-order valence-corrected chi connectivity index (χ4v) is 6.34. The predicted octanol–water partition coefficient (Wildman–Crippen LogP) is 3.32. The van der Waals surface area contributed by atoms with Crippen LogP contribution in [0.3, 0.4) is 0 Å². The zero-order valence-corrected chi connectivity index (χ0v) is 17.2. The number of rotatable bonds is 5. The van der Waals surface area contributed by atoms with E-state index in [0.717, 1.165) is 70.1 Å². The highest BCUT2D eigenvalue weighted by molar-refractivity contribution is 5.77. The molecule has 6 nitrogen and oxygen atoms in total. The molecule has 4 aliphatic rings. The minimum atomic E-state index is -0.688. The van der Waals surface area contributed by atoms with E-state index >= 15 is 0 Å². The van der Waals surface area contributed by atoms with Crippen molar-refractivity contribution < 1.29 is 14.7 Å². The Morgan fingerprint density at radius 3 is 2.25 bits per heavy atom. The number of fused-ring (bicyclic) bond motifs is 1. The van der Waals surface area contributed by atoms with Crippen LogP contribution in [0.5, 0.6) is 0 Å². The number of carbonyl (C=O) groups is 2. The Labute approximate surface area is 169 Å². The van der Waals surface area contributed by atoms with Crippen molar-refractivity contribution in [1.29, 1.82) is 0 Å². The van der Waals surface area contributed by atoms with E-state index in [9.17, 15) is 9.59 Å². The summed E-state index contributed by atoms with van der Waals surface area (Å²) in [5.74, 6) is 1.49. The minimum Gasteiger partial charge on any atom is -0.481 e. The SMILES string of the molecule is O=C(O)CC[C@H]1CC[C@H](N2CCN(C3CCC4CCNCCC4C3)C2=O)CC1. The highest BCUT2D eigenvalue weighted by atomic mass is 16.4. The van der Waals surface area contributed by atoms with Gasteiger partial charge < -0.3 is 20.2 Å². The molecular formula is C22H37N3O3. The fourth-order valence-electron chi connectivity index (χ4n) is 6.34. The Morgan fingerprint density at radius 1 is 0.893 bits per heavy atom. The number of urea groups is 1. The lowest BCUT2D eigenvalue weighted by Gasteiger charge is -2.40. The molecule has 0 aromatic carbocycles. The summed E-state index contributed by atoms with van der Waals surface area (Å²) in [6, 6.07) is 1.10. The number of hydrogen-bond donors (Lipinski definition) is 2. The second-order valence-corrected chi connectivity index (χ2v) is 9.59. The predicted molar refractivity (Wildman–Crippen MR) is 108 cm³/mol. The molecule has 0 radical (unpaired) electrons. The van der Waals surface area contributed by atoms with Crippen LogP contribution in [0.1, 0.15) is 70.6 Å². The maximum atomic E-state index is 13.2. The van der Waals surface area contributed by atoms with Gasteiger partial charge in [-0.25, -0.2) is 4.79 Å². The normalized spacial score (nSPS) is 36.9. The maximum Gasteiger partial charge on any atom is 0.320 e. The molecule has 2 aliphatic carbocycles. The van der Waals surface area contributed by atoms with Crippen LogP contribution < -0.4 is 5.32 Å². The zero-order valence-electron chi connectivity index (χ0n) is 17.2. The topological polar surface area (TPSA) is 72.9 Å². The Kier molecular flexibility index (Phi) is 6.44. The molecule has 0 spiro atoms. The van der Waals surface area contributed by atoms with Crippen molar-refractivity contribution in [3.05, 3.63) is 0 Å². The van der Waals surface area contributed by atoms with Gasteiger partial charge in [-0.1, -0.05) is 0 Å². The van der Waals surface area contributed by atoms with E-state index in [-0.39, 0.29) is 12.5 Å². The first-order chi connectivity index (χ1) is 13.6. The lowest BCUT2D eigenvalue weighted by atomic mass is 9.74. The molecule has 28 heavy (non-hydrogen) atoms. The van der Waals surface area contributed by atoms with Crippen molar-refractivity contribution in [2.45, 2.75) is 82.7 Å². The Morgan fingerprint density at radius 2 is 1.54 bits per heavy atom. The highest BCUT2D eigenvalue weighted by Gasteiger charge is 2.41. The summed E-state index contributed by atoms with van der Waals surface area (Å²) in [6.45, 7) is 4.09. The van der Waals surface area contributed by atoms with E-state index in [0.29, 0.717) is 18.0 Å². The summed E-state index contributed by atoms with van der Waals surface area (Å²) < 4.78 is 0. The average Bonchev–Trinajstić information content (AvgIpc) is 2.93. The second-order valence-electron chi connectivity index (χ2n) is 9.59. The molecule has 0 aromatic heterocycles. The maximum absolute atomic E-state index is 13.2. The number of aliphatic carboxylic acids is 1. The van der Waals surface area contributed by atoms with Crippen molar-refractivity contribution in [2.24, 2.45) is 17.8 Å². The largest absolute Gasteiger partial charge is 0.481 e. The van der Waals surface area contributed by atoms with Crippen LogP contribution in [0.25, 0.3) is 0 Å². The molecule has 6 heteroatoms. The third kappa shape index (κ3) is 4.47. The van der Waals surface area contributed by atoms with Gasteiger partial charge in [-0.15, -0.1) is 0 Å². The molecular weight excluding hydrogens is 354 g/mol. The molecule has 2 aliphatic heterocycles. The summed E-state index contributed by atoms with van der Waals surface area (Å²) >= 11 is 0. The minimum absolute atomic E-state index is 0.282. The van der Waals surface area contributed by atoms with Crippen LogP contribution in [0, 0.1) is 17.8 Å². The average molecular weight is 392 g/mol. The van der Waals surface area contributed by atoms with Crippen molar-refractivity contribution in [1.82, 2.24) is 15.1 Å². The molecule has 0 aromatic rings. The van der Waals surface area contributed by atoms with Crippen LogP contribution in [0.15, 0.2) is 0 Å². The molecule has 4 rings (SSSR count). The van der Waals surface area contributed by atoms with Gasteiger partial charge in [0.05, 0.1) is 0 Å². The molecule has 2 saturated heterocycles. The summed E-state index contributed by atoms with van der Waals surface area (Å²) in [6.07, 6.45) is 11.6. The summed E-state index contributed by atoms with van der Waals surface area (Å²) in [7, 11) is 0. The van der Waals surface area contributed by atoms with E-state index in [2.05, 4.69) is 15.1 Å². The third-order valence-corrected chi connectivity index (χ3v) is 8.03. The second kappa shape index (κ2) is 9.02. The van der Waals surface area contributed by atoms with Gasteiger partial charge in [-0.3, -0.25) is 4.79 Å². The third-order valence-electron chi connectivity index (χ3n) is 8.03. The fraction of sp³-hybridized carbons (Fsp3) is 0.909. The molecule has 0 bridgehead atoms. The number of carbonyl (C=O) groups excluding carboxylic acids is 1. The molecule has 3 atom stereocenters. The van der Waals surface area contributed by atoms with Crippen molar-refractivity contribution in [3.8, 4) is 0 Å². The summed E-state index contributed by atoms with van der Waals surface area (Å²) in [5, 5.41) is 12.4. The van der Waals surface area contributed by atoms with Crippen LogP contribution in [-0.2, 0) is 4.79 Å². The quantitative estimate of drug-likeness (QED) is 0.754. The monoisotopic (exact) mass is 391 g/mol. The van der Waals surface area contributed by atoms with E-state index in [1.807, 2.05) is 0 Å². The van der Waals surface area contributed by atoms with E-state index in [4.69, 9.17) is 5.11 Å². The number of hydrogen-bond acceptors (Lipinski definition) is 3. The number of nitrogens with zero attached hydrogens (tertiary/aromatic N) is 2. The van der Waals surface area contributed by atoms with Crippen molar-refractivity contribution in [2.75, 3.05) is 26.2 Å². The van der Waals surface area contributed by atoms with Crippen molar-refractivity contribution in [3.63, 3.8) is 0 Å². The Hall–Kier alpha value is -1.30. The van der Waals surface area contributed by atoms with Crippen molar-refractivity contribution >= 4 is 12.0 Å². The molecule has 3 unspecified atom stereocenters. The zero-order chi connectivity index (χ0) is 19.5. The van der Waals surface area contributed by atoms with Gasteiger partial charge in [0, 0.05) is 31.6 Å². The number of amides is 2. The molecule has 2 saturated carbocycles. The Balaban J connectivity index is 1.28. The molecule has 158 valence electrons. The highest BCUT2D eigenvalue weighted by Crippen LogP contribution is 2.39.